The molecule has 6 nitrogen and oxygen atoms in total. The topological polar surface area (TPSA) is 68.9 Å². The molecule has 0 aromatic carbocycles. The van der Waals surface area contributed by atoms with Gasteiger partial charge in [-0.2, -0.15) is 18.3 Å². The van der Waals surface area contributed by atoms with Gasteiger partial charge in [0.05, 0.1) is 11.6 Å². The number of amides is 1. The number of carbonyl (C=O) groups excluding carboxylic acids is 1. The van der Waals surface area contributed by atoms with Crippen LogP contribution >= 0.6 is 0 Å². The smallest absolute Gasteiger partial charge is 0.351 e. The van der Waals surface area contributed by atoms with Crippen molar-refractivity contribution >= 4 is 5.91 Å². The fourth-order valence-electron chi connectivity index (χ4n) is 3.04. The van der Waals surface area contributed by atoms with Crippen LogP contribution in [0.15, 0.2) is 16.9 Å². The van der Waals surface area contributed by atoms with Gasteiger partial charge in [-0.05, 0) is 33.8 Å². The van der Waals surface area contributed by atoms with Crippen molar-refractivity contribution in [2.24, 2.45) is 7.05 Å². The summed E-state index contributed by atoms with van der Waals surface area (Å²) < 4.78 is 40.3. The average Bonchev–Trinajstić information content (AvgIpc) is 2.83. The van der Waals surface area contributed by atoms with Gasteiger partial charge in [0.25, 0.3) is 5.56 Å². The lowest BCUT2D eigenvalue weighted by atomic mass is 9.98. The molecule has 1 amide bonds. The van der Waals surface area contributed by atoms with E-state index in [1.54, 1.807) is 40.0 Å². The number of hydrogen-bond acceptors (Lipinski definition) is 3. The van der Waals surface area contributed by atoms with E-state index in [1.165, 1.54) is 11.5 Å². The molecule has 9 heteroatoms. The van der Waals surface area contributed by atoms with Gasteiger partial charge in [0, 0.05) is 36.1 Å². The maximum atomic E-state index is 12.7. The summed E-state index contributed by atoms with van der Waals surface area (Å²) in [6.45, 7) is 5.35. The quantitative estimate of drug-likeness (QED) is 0.861. The zero-order valence-electron chi connectivity index (χ0n) is 15.9. The second-order valence-corrected chi connectivity index (χ2v) is 6.66. The van der Waals surface area contributed by atoms with Crippen molar-refractivity contribution in [1.82, 2.24) is 19.7 Å². The summed E-state index contributed by atoms with van der Waals surface area (Å²) in [5.74, 6) is -1.07. The highest BCUT2D eigenvalue weighted by molar-refractivity contribution is 5.83. The Kier molecular flexibility index (Phi) is 5.82. The van der Waals surface area contributed by atoms with E-state index in [-0.39, 0.29) is 18.0 Å². The predicted octanol–water partition coefficient (Wildman–Crippen LogP) is 2.49. The fourth-order valence-corrected chi connectivity index (χ4v) is 3.04. The van der Waals surface area contributed by atoms with Crippen molar-refractivity contribution in [2.45, 2.75) is 52.9 Å². The van der Waals surface area contributed by atoms with Crippen molar-refractivity contribution in [2.75, 3.05) is 0 Å². The first kappa shape index (κ1) is 20.7. The molecule has 148 valence electrons. The molecule has 1 unspecified atom stereocenters. The van der Waals surface area contributed by atoms with Crippen LogP contribution in [0.25, 0.3) is 0 Å². The van der Waals surface area contributed by atoms with Crippen LogP contribution in [0.3, 0.4) is 0 Å². The lowest BCUT2D eigenvalue weighted by Crippen LogP contribution is -2.32. The van der Waals surface area contributed by atoms with E-state index in [4.69, 9.17) is 0 Å². The molecule has 2 rings (SSSR count). The number of pyridine rings is 1. The minimum atomic E-state index is -4.39. The number of nitrogens with zero attached hydrogens (tertiary/aromatic N) is 3. The van der Waals surface area contributed by atoms with Gasteiger partial charge < -0.3 is 9.88 Å². The molecule has 0 radical (unpaired) electrons. The van der Waals surface area contributed by atoms with Crippen molar-refractivity contribution < 1.29 is 18.0 Å². The largest absolute Gasteiger partial charge is 0.408 e. The zero-order chi connectivity index (χ0) is 20.5. The Bertz CT molecular complexity index is 913. The molecule has 27 heavy (non-hydrogen) atoms. The van der Waals surface area contributed by atoms with Crippen LogP contribution < -0.4 is 10.9 Å². The molecule has 0 bridgehead atoms. The SMILES string of the molecule is Cc1nn(CC(F)(F)F)c(C)c1C(C)C(=O)NCc1ccc(C)n(C)c1=O. The van der Waals surface area contributed by atoms with Crippen molar-refractivity contribution in [1.29, 1.82) is 0 Å². The highest BCUT2D eigenvalue weighted by atomic mass is 19.4. The summed E-state index contributed by atoms with van der Waals surface area (Å²) in [7, 11) is 1.65. The highest BCUT2D eigenvalue weighted by Gasteiger charge is 2.31. The molecule has 2 heterocycles. The third-order valence-corrected chi connectivity index (χ3v) is 4.68. The van der Waals surface area contributed by atoms with Crippen LogP contribution in [0.4, 0.5) is 13.2 Å². The molecule has 1 atom stereocenters. The average molecular weight is 384 g/mol. The summed E-state index contributed by atoms with van der Waals surface area (Å²) in [4.78, 5) is 24.7. The lowest BCUT2D eigenvalue weighted by molar-refractivity contribution is -0.143. The molecule has 0 saturated carbocycles. The summed E-state index contributed by atoms with van der Waals surface area (Å²) in [6, 6.07) is 3.43. The highest BCUT2D eigenvalue weighted by Crippen LogP contribution is 2.26. The summed E-state index contributed by atoms with van der Waals surface area (Å²) in [5.41, 5.74) is 2.18. The van der Waals surface area contributed by atoms with Gasteiger partial charge in [-0.25, -0.2) is 0 Å². The Morgan fingerprint density at radius 1 is 1.26 bits per heavy atom. The summed E-state index contributed by atoms with van der Waals surface area (Å²) in [5, 5.41) is 6.60. The second kappa shape index (κ2) is 7.58. The lowest BCUT2D eigenvalue weighted by Gasteiger charge is -2.14. The van der Waals surface area contributed by atoms with E-state index in [1.807, 2.05) is 0 Å². The molecular weight excluding hydrogens is 361 g/mol. The standard InChI is InChI=1S/C18H23F3N4O2/c1-10-6-7-14(17(27)24(10)5)8-22-16(26)11(2)15-12(3)23-25(13(15)4)9-18(19,20)21/h6-7,11H,8-9H2,1-5H3,(H,22,26). The van der Waals surface area contributed by atoms with Gasteiger partial charge in [0.2, 0.25) is 5.91 Å². The van der Waals surface area contributed by atoms with Crippen LogP contribution in [0.2, 0.25) is 0 Å². The van der Waals surface area contributed by atoms with Crippen LogP contribution in [0, 0.1) is 20.8 Å². The van der Waals surface area contributed by atoms with E-state index >= 15 is 0 Å². The van der Waals surface area contributed by atoms with Gasteiger partial charge in [0.15, 0.2) is 0 Å². The van der Waals surface area contributed by atoms with E-state index in [2.05, 4.69) is 10.4 Å². The first-order valence-electron chi connectivity index (χ1n) is 8.46. The first-order valence-corrected chi connectivity index (χ1v) is 8.46. The number of aryl methyl sites for hydroxylation is 2. The summed E-state index contributed by atoms with van der Waals surface area (Å²) in [6.07, 6.45) is -4.39. The van der Waals surface area contributed by atoms with E-state index in [9.17, 15) is 22.8 Å². The minimum Gasteiger partial charge on any atom is -0.351 e. The Morgan fingerprint density at radius 3 is 2.48 bits per heavy atom. The molecule has 0 aliphatic heterocycles. The number of carbonyl (C=O) groups is 1. The summed E-state index contributed by atoms with van der Waals surface area (Å²) >= 11 is 0. The predicted molar refractivity (Wildman–Crippen MR) is 94.4 cm³/mol. The van der Waals surface area contributed by atoms with Crippen LogP contribution in [-0.4, -0.2) is 26.4 Å². The minimum absolute atomic E-state index is 0.0465. The Labute approximate surface area is 155 Å². The third-order valence-electron chi connectivity index (χ3n) is 4.68. The van der Waals surface area contributed by atoms with Gasteiger partial charge in [0.1, 0.15) is 6.54 Å². The van der Waals surface area contributed by atoms with Crippen molar-refractivity contribution in [3.63, 3.8) is 0 Å². The van der Waals surface area contributed by atoms with E-state index in [0.717, 1.165) is 10.4 Å². The van der Waals surface area contributed by atoms with Crippen LogP contribution in [-0.2, 0) is 24.9 Å². The number of aromatic nitrogens is 3. The number of alkyl halides is 3. The van der Waals surface area contributed by atoms with Crippen molar-refractivity contribution in [3.05, 3.63) is 50.7 Å². The molecule has 0 aliphatic rings. The molecule has 1 N–H and O–H groups in total. The number of halogens is 3. The van der Waals surface area contributed by atoms with E-state index in [0.29, 0.717) is 22.5 Å². The number of rotatable bonds is 5. The third kappa shape index (κ3) is 4.58. The molecule has 0 aliphatic carbocycles. The van der Waals surface area contributed by atoms with Gasteiger partial charge >= 0.3 is 6.18 Å². The van der Waals surface area contributed by atoms with Crippen LogP contribution in [0.1, 0.15) is 41.1 Å². The van der Waals surface area contributed by atoms with E-state index < -0.39 is 18.6 Å². The first-order chi connectivity index (χ1) is 12.4. The molecule has 2 aromatic heterocycles. The van der Waals surface area contributed by atoms with Gasteiger partial charge in [-0.15, -0.1) is 0 Å². The Morgan fingerprint density at radius 2 is 1.89 bits per heavy atom. The van der Waals surface area contributed by atoms with Gasteiger partial charge in [-0.3, -0.25) is 14.3 Å². The normalized spacial score (nSPS) is 12.9. The zero-order valence-corrected chi connectivity index (χ0v) is 15.9. The molecule has 0 fully saturated rings. The molecular formula is C18H23F3N4O2. The Balaban J connectivity index is 2.16. The molecule has 2 aromatic rings. The van der Waals surface area contributed by atoms with Crippen LogP contribution in [0.5, 0.6) is 0 Å². The number of hydrogen-bond donors (Lipinski definition) is 1. The molecule has 0 spiro atoms. The number of nitrogens with one attached hydrogen (secondary N) is 1. The van der Waals surface area contributed by atoms with Crippen molar-refractivity contribution in [3.8, 4) is 0 Å². The van der Waals surface area contributed by atoms with Gasteiger partial charge in [-0.1, -0.05) is 6.07 Å². The fraction of sp³-hybridized carbons (Fsp3) is 0.500. The molecule has 0 saturated heterocycles. The second-order valence-electron chi connectivity index (χ2n) is 6.66. The maximum absolute atomic E-state index is 12.7. The Hall–Kier alpha value is -2.58. The monoisotopic (exact) mass is 384 g/mol. The maximum Gasteiger partial charge on any atom is 0.408 e.